The number of fused-ring (bicyclic) bond motifs is 2. The Balaban J connectivity index is 1.38. The number of nitrogens with zero attached hydrogens (tertiary/aromatic N) is 3. The van der Waals surface area contributed by atoms with Crippen LogP contribution in [0.25, 0.3) is 16.9 Å². The molecule has 0 radical (unpaired) electrons. The fourth-order valence-corrected chi connectivity index (χ4v) is 3.37. The molecule has 0 atom stereocenters. The van der Waals surface area contributed by atoms with E-state index in [9.17, 15) is 4.79 Å². The molecule has 0 bridgehead atoms. The van der Waals surface area contributed by atoms with Gasteiger partial charge in [-0.2, -0.15) is 0 Å². The second kappa shape index (κ2) is 6.94. The van der Waals surface area contributed by atoms with Gasteiger partial charge in [-0.3, -0.25) is 9.36 Å². The van der Waals surface area contributed by atoms with Crippen LogP contribution >= 0.6 is 0 Å². The molecule has 144 valence electrons. The summed E-state index contributed by atoms with van der Waals surface area (Å²) in [7, 11) is 0. The number of carbonyl (C=O) groups is 1. The molecule has 1 N–H and O–H groups in total. The Morgan fingerprint density at radius 2 is 2.00 bits per heavy atom. The highest BCUT2D eigenvalue weighted by atomic mass is 16.7. The first kappa shape index (κ1) is 17.2. The van der Waals surface area contributed by atoms with Crippen molar-refractivity contribution in [1.82, 2.24) is 19.9 Å². The first-order valence-corrected chi connectivity index (χ1v) is 9.25. The molecule has 5 rings (SSSR count). The van der Waals surface area contributed by atoms with Gasteiger partial charge in [-0.25, -0.2) is 9.97 Å². The van der Waals surface area contributed by atoms with Gasteiger partial charge >= 0.3 is 0 Å². The molecule has 7 heteroatoms. The fraction of sp³-hybridized carbons (Fsp3) is 0.136. The summed E-state index contributed by atoms with van der Waals surface area (Å²) in [5.74, 6) is 1.28. The molecule has 1 aliphatic heterocycles. The van der Waals surface area contributed by atoms with Crippen molar-refractivity contribution in [3.8, 4) is 17.2 Å². The summed E-state index contributed by atoms with van der Waals surface area (Å²) >= 11 is 0. The number of imidazole rings is 1. The summed E-state index contributed by atoms with van der Waals surface area (Å²) in [4.78, 5) is 21.5. The molecule has 7 nitrogen and oxygen atoms in total. The van der Waals surface area contributed by atoms with Crippen molar-refractivity contribution in [3.05, 3.63) is 77.7 Å². The molecule has 0 spiro atoms. The highest BCUT2D eigenvalue weighted by Crippen LogP contribution is 2.32. The van der Waals surface area contributed by atoms with Crippen molar-refractivity contribution in [2.24, 2.45) is 0 Å². The molecule has 0 saturated carbocycles. The lowest BCUT2D eigenvalue weighted by Gasteiger charge is -2.11. The number of ether oxygens (including phenoxy) is 2. The zero-order chi connectivity index (χ0) is 19.8. The lowest BCUT2D eigenvalue weighted by molar-refractivity contribution is 0.0951. The van der Waals surface area contributed by atoms with E-state index >= 15 is 0 Å². The Labute approximate surface area is 166 Å². The molecule has 1 aliphatic rings. The Hall–Kier alpha value is -3.87. The molecule has 0 saturated heterocycles. The minimum absolute atomic E-state index is 0.152. The smallest absolute Gasteiger partial charge is 0.251 e. The van der Waals surface area contributed by atoms with Crippen LogP contribution in [0.3, 0.4) is 0 Å². The molecule has 1 amide bonds. The van der Waals surface area contributed by atoms with Crippen LogP contribution in [-0.2, 0) is 6.54 Å². The minimum atomic E-state index is -0.152. The van der Waals surface area contributed by atoms with Crippen LogP contribution in [0.4, 0.5) is 0 Å². The van der Waals surface area contributed by atoms with Crippen LogP contribution in [0, 0.1) is 6.92 Å². The van der Waals surface area contributed by atoms with Gasteiger partial charge in [0.15, 0.2) is 17.1 Å². The Kier molecular flexibility index (Phi) is 4.13. The predicted octanol–water partition coefficient (Wildman–Crippen LogP) is 3.39. The number of hydrogen-bond acceptors (Lipinski definition) is 5. The van der Waals surface area contributed by atoms with Crippen molar-refractivity contribution < 1.29 is 14.3 Å². The molecule has 0 fully saturated rings. The minimum Gasteiger partial charge on any atom is -0.454 e. The highest BCUT2D eigenvalue weighted by Gasteiger charge is 2.15. The zero-order valence-electron chi connectivity index (χ0n) is 15.8. The number of hydrogen-bond donors (Lipinski definition) is 1. The van der Waals surface area contributed by atoms with Crippen LogP contribution in [0.1, 0.15) is 21.5 Å². The van der Waals surface area contributed by atoms with E-state index in [4.69, 9.17) is 9.47 Å². The van der Waals surface area contributed by atoms with Gasteiger partial charge in [-0.15, -0.1) is 0 Å². The predicted molar refractivity (Wildman–Crippen MR) is 107 cm³/mol. The van der Waals surface area contributed by atoms with Crippen LogP contribution < -0.4 is 14.8 Å². The van der Waals surface area contributed by atoms with Gasteiger partial charge in [0.2, 0.25) is 6.79 Å². The molecule has 4 aromatic rings. The van der Waals surface area contributed by atoms with E-state index in [2.05, 4.69) is 15.3 Å². The van der Waals surface area contributed by atoms with E-state index in [1.165, 1.54) is 0 Å². The number of pyridine rings is 1. The molecule has 0 aliphatic carbocycles. The van der Waals surface area contributed by atoms with E-state index in [-0.39, 0.29) is 12.7 Å². The maximum Gasteiger partial charge on any atom is 0.251 e. The number of nitrogens with one attached hydrogen (secondary N) is 1. The largest absolute Gasteiger partial charge is 0.454 e. The molecule has 3 heterocycles. The quantitative estimate of drug-likeness (QED) is 0.582. The molecular weight excluding hydrogens is 368 g/mol. The molecule has 2 aromatic carbocycles. The average Bonchev–Trinajstić information content (AvgIpc) is 3.39. The number of amides is 1. The van der Waals surface area contributed by atoms with Gasteiger partial charge in [0.1, 0.15) is 11.8 Å². The van der Waals surface area contributed by atoms with E-state index in [0.717, 1.165) is 33.7 Å². The van der Waals surface area contributed by atoms with Crippen molar-refractivity contribution in [1.29, 1.82) is 0 Å². The lowest BCUT2D eigenvalue weighted by Crippen LogP contribution is -2.23. The van der Waals surface area contributed by atoms with Crippen molar-refractivity contribution in [3.63, 3.8) is 0 Å². The van der Waals surface area contributed by atoms with E-state index < -0.39 is 0 Å². The van der Waals surface area contributed by atoms with Crippen molar-refractivity contribution in [2.45, 2.75) is 13.5 Å². The second-order valence-electron chi connectivity index (χ2n) is 6.83. The van der Waals surface area contributed by atoms with Gasteiger partial charge in [0.05, 0.1) is 5.69 Å². The van der Waals surface area contributed by atoms with Crippen LogP contribution in [0.5, 0.6) is 11.5 Å². The zero-order valence-corrected chi connectivity index (χ0v) is 15.8. The lowest BCUT2D eigenvalue weighted by atomic mass is 10.1. The van der Waals surface area contributed by atoms with Gasteiger partial charge in [0, 0.05) is 18.3 Å². The summed E-state index contributed by atoms with van der Waals surface area (Å²) in [6.07, 6.45) is 3.46. The maximum absolute atomic E-state index is 12.7. The first-order chi connectivity index (χ1) is 14.2. The monoisotopic (exact) mass is 386 g/mol. The molecule has 0 unspecified atom stereocenters. The number of rotatable bonds is 4. The summed E-state index contributed by atoms with van der Waals surface area (Å²) in [6, 6.07) is 15.0. The van der Waals surface area contributed by atoms with E-state index in [0.29, 0.717) is 17.9 Å². The Morgan fingerprint density at radius 3 is 2.93 bits per heavy atom. The third-order valence-corrected chi connectivity index (χ3v) is 4.93. The van der Waals surface area contributed by atoms with Gasteiger partial charge in [0.25, 0.3) is 5.91 Å². The summed E-state index contributed by atoms with van der Waals surface area (Å²) in [5.41, 5.74) is 4.99. The summed E-state index contributed by atoms with van der Waals surface area (Å²) in [5, 5.41) is 2.96. The molecule has 29 heavy (non-hydrogen) atoms. The van der Waals surface area contributed by atoms with Crippen LogP contribution in [0.15, 0.2) is 61.1 Å². The maximum atomic E-state index is 12.7. The van der Waals surface area contributed by atoms with E-state index in [1.54, 1.807) is 12.5 Å². The van der Waals surface area contributed by atoms with Crippen molar-refractivity contribution >= 4 is 17.1 Å². The summed E-state index contributed by atoms with van der Waals surface area (Å²) in [6.45, 7) is 2.63. The van der Waals surface area contributed by atoms with Crippen LogP contribution in [-0.4, -0.2) is 27.2 Å². The summed E-state index contributed by atoms with van der Waals surface area (Å²) < 4.78 is 12.6. The number of aryl methyl sites for hydroxylation is 1. The number of carbonyl (C=O) groups excluding carboxylic acids is 1. The van der Waals surface area contributed by atoms with Gasteiger partial charge in [-0.1, -0.05) is 12.1 Å². The standard InChI is InChI=1S/C22H18N4O3/c1-14-4-6-16(10-18(14)26-12-25-17-3-2-8-23-21(17)26)22(27)24-11-15-5-7-19-20(9-15)29-13-28-19/h2-10,12H,11,13H2,1H3,(H,24,27). The second-order valence-corrected chi connectivity index (χ2v) is 6.83. The SMILES string of the molecule is Cc1ccc(C(=O)NCc2ccc3c(c2)OCO3)cc1-n1cnc2cccnc21. The topological polar surface area (TPSA) is 78.3 Å². The third-order valence-electron chi connectivity index (χ3n) is 4.93. The van der Waals surface area contributed by atoms with Crippen molar-refractivity contribution in [2.75, 3.05) is 6.79 Å². The van der Waals surface area contributed by atoms with E-state index in [1.807, 2.05) is 60.0 Å². The van der Waals surface area contributed by atoms with Gasteiger partial charge < -0.3 is 14.8 Å². The third kappa shape index (κ3) is 3.16. The Bertz CT molecular complexity index is 1230. The number of aromatic nitrogens is 3. The normalized spacial score (nSPS) is 12.3. The highest BCUT2D eigenvalue weighted by molar-refractivity contribution is 5.95. The Morgan fingerprint density at radius 1 is 1.10 bits per heavy atom. The fourth-order valence-electron chi connectivity index (χ4n) is 3.37. The number of benzene rings is 2. The molecular formula is C22H18N4O3. The average molecular weight is 386 g/mol. The molecule has 2 aromatic heterocycles. The van der Waals surface area contributed by atoms with Crippen LogP contribution in [0.2, 0.25) is 0 Å². The first-order valence-electron chi connectivity index (χ1n) is 9.25. The van der Waals surface area contributed by atoms with Gasteiger partial charge in [-0.05, 0) is 54.4 Å².